The Bertz CT molecular complexity index is 1030. The molecule has 10 heteroatoms. The van der Waals surface area contributed by atoms with Crippen LogP contribution < -0.4 is 16.4 Å². The van der Waals surface area contributed by atoms with Crippen LogP contribution in [0.4, 0.5) is 17.6 Å². The summed E-state index contributed by atoms with van der Waals surface area (Å²) in [6, 6.07) is 3.49. The lowest BCUT2D eigenvalue weighted by molar-refractivity contribution is 0.384. The molecule has 0 amide bonds. The average molecular weight is 416 g/mol. The molecule has 0 spiro atoms. The highest BCUT2D eigenvalue weighted by Crippen LogP contribution is 2.24. The minimum absolute atomic E-state index is 0.0970. The molecule has 9 nitrogen and oxygen atoms in total. The summed E-state index contributed by atoms with van der Waals surface area (Å²) in [5, 5.41) is 0. The molecule has 1 saturated heterocycles. The van der Waals surface area contributed by atoms with Gasteiger partial charge in [0, 0.05) is 37.9 Å². The van der Waals surface area contributed by atoms with Gasteiger partial charge in [-0.2, -0.15) is 9.29 Å². The Labute approximate surface area is 171 Å². The molecule has 0 bridgehead atoms. The summed E-state index contributed by atoms with van der Waals surface area (Å²) >= 11 is 0. The summed E-state index contributed by atoms with van der Waals surface area (Å²) < 4.78 is 25.8. The van der Waals surface area contributed by atoms with Crippen LogP contribution in [-0.2, 0) is 16.4 Å². The lowest BCUT2D eigenvalue weighted by Gasteiger charge is -2.35. The zero-order chi connectivity index (χ0) is 21.0. The lowest BCUT2D eigenvalue weighted by Crippen LogP contribution is -2.49. The lowest BCUT2D eigenvalue weighted by atomic mass is 10.1. The second kappa shape index (κ2) is 8.63. The second-order valence-electron chi connectivity index (χ2n) is 6.59. The van der Waals surface area contributed by atoms with Crippen LogP contribution in [0.1, 0.15) is 30.7 Å². The van der Waals surface area contributed by atoms with E-state index in [1.54, 1.807) is 25.3 Å². The van der Waals surface area contributed by atoms with E-state index in [1.807, 2.05) is 11.8 Å². The van der Waals surface area contributed by atoms with Crippen molar-refractivity contribution in [3.8, 4) is 11.8 Å². The van der Waals surface area contributed by atoms with Gasteiger partial charge in [-0.05, 0) is 25.5 Å². The number of sulfonamides is 1. The topological polar surface area (TPSA) is 131 Å². The summed E-state index contributed by atoms with van der Waals surface area (Å²) in [5.41, 5.74) is 13.7. The fourth-order valence-corrected chi connectivity index (χ4v) is 4.18. The van der Waals surface area contributed by atoms with E-state index in [2.05, 4.69) is 26.8 Å². The number of nitrogen functional groups attached to an aromatic ring is 2. The Morgan fingerprint density at radius 3 is 2.38 bits per heavy atom. The molecule has 3 rings (SSSR count). The molecule has 1 fully saturated rings. The van der Waals surface area contributed by atoms with Gasteiger partial charge >= 0.3 is 0 Å². The molecule has 1 aliphatic rings. The SMILES string of the molecule is CCc1nc(N)nc(N2CCN(S(=O)(=O)CC)CC2)c1C#Cc1ccc(N)nc1. The molecule has 0 aromatic carbocycles. The van der Waals surface area contributed by atoms with Crippen LogP contribution >= 0.6 is 0 Å². The van der Waals surface area contributed by atoms with Crippen molar-refractivity contribution < 1.29 is 8.42 Å². The summed E-state index contributed by atoms with van der Waals surface area (Å²) in [6.45, 7) is 5.45. The van der Waals surface area contributed by atoms with Crippen molar-refractivity contribution in [3.05, 3.63) is 35.2 Å². The number of nitrogens with two attached hydrogens (primary N) is 2. The van der Waals surface area contributed by atoms with E-state index in [-0.39, 0.29) is 11.7 Å². The fourth-order valence-electron chi connectivity index (χ4n) is 3.10. The van der Waals surface area contributed by atoms with Crippen LogP contribution in [0, 0.1) is 11.8 Å². The van der Waals surface area contributed by atoms with Crippen LogP contribution in [0.25, 0.3) is 0 Å². The Hall–Kier alpha value is -2.90. The van der Waals surface area contributed by atoms with Gasteiger partial charge in [0.1, 0.15) is 11.6 Å². The molecule has 2 aromatic heterocycles. The molecule has 3 heterocycles. The highest BCUT2D eigenvalue weighted by atomic mass is 32.2. The number of anilines is 3. The van der Waals surface area contributed by atoms with Gasteiger partial charge in [-0.15, -0.1) is 0 Å². The molecule has 154 valence electrons. The maximum atomic E-state index is 12.1. The molecular weight excluding hydrogens is 390 g/mol. The van der Waals surface area contributed by atoms with Crippen molar-refractivity contribution >= 4 is 27.6 Å². The van der Waals surface area contributed by atoms with Gasteiger partial charge in [0.2, 0.25) is 16.0 Å². The molecule has 4 N–H and O–H groups in total. The molecule has 0 unspecified atom stereocenters. The first-order valence-corrected chi connectivity index (χ1v) is 11.1. The van der Waals surface area contributed by atoms with Crippen molar-refractivity contribution in [1.29, 1.82) is 0 Å². The number of aromatic nitrogens is 3. The van der Waals surface area contributed by atoms with Gasteiger partial charge < -0.3 is 16.4 Å². The molecule has 2 aromatic rings. The Morgan fingerprint density at radius 1 is 1.07 bits per heavy atom. The van der Waals surface area contributed by atoms with E-state index in [0.29, 0.717) is 49.8 Å². The van der Waals surface area contributed by atoms with Crippen molar-refractivity contribution in [2.75, 3.05) is 48.3 Å². The maximum Gasteiger partial charge on any atom is 0.222 e. The standard InChI is InChI=1S/C19H25N7O2S/c1-3-16-15(7-5-14-6-8-17(20)22-13-14)18(24-19(21)23-16)25-9-11-26(12-10-25)29(27,28)4-2/h6,8,13H,3-4,9-12H2,1-2H3,(H2,20,22)(H2,21,23,24). The minimum Gasteiger partial charge on any atom is -0.384 e. The quantitative estimate of drug-likeness (QED) is 0.689. The minimum atomic E-state index is -3.20. The summed E-state index contributed by atoms with van der Waals surface area (Å²) in [4.78, 5) is 14.8. The zero-order valence-corrected chi connectivity index (χ0v) is 17.4. The van der Waals surface area contributed by atoms with Crippen LogP contribution in [-0.4, -0.2) is 59.6 Å². The highest BCUT2D eigenvalue weighted by Gasteiger charge is 2.27. The Kier molecular flexibility index (Phi) is 6.20. The van der Waals surface area contributed by atoms with Gasteiger partial charge in [-0.3, -0.25) is 0 Å². The van der Waals surface area contributed by atoms with E-state index in [1.165, 1.54) is 4.31 Å². The largest absolute Gasteiger partial charge is 0.384 e. The Balaban J connectivity index is 1.93. The predicted octanol–water partition coefficient (Wildman–Crippen LogP) is 0.470. The number of piperazine rings is 1. The van der Waals surface area contributed by atoms with E-state index in [4.69, 9.17) is 11.5 Å². The van der Waals surface area contributed by atoms with Crippen LogP contribution in [0.15, 0.2) is 18.3 Å². The van der Waals surface area contributed by atoms with Gasteiger partial charge in [-0.25, -0.2) is 18.4 Å². The first-order valence-electron chi connectivity index (χ1n) is 9.46. The molecular formula is C19H25N7O2S. The van der Waals surface area contributed by atoms with E-state index >= 15 is 0 Å². The summed E-state index contributed by atoms with van der Waals surface area (Å²) in [5.74, 6) is 7.59. The number of hydrogen-bond acceptors (Lipinski definition) is 8. The third kappa shape index (κ3) is 4.75. The summed E-state index contributed by atoms with van der Waals surface area (Å²) in [6.07, 6.45) is 2.26. The van der Waals surface area contributed by atoms with E-state index < -0.39 is 10.0 Å². The van der Waals surface area contributed by atoms with Crippen LogP contribution in [0.3, 0.4) is 0 Å². The summed E-state index contributed by atoms with van der Waals surface area (Å²) in [7, 11) is -3.20. The van der Waals surface area contributed by atoms with E-state index in [0.717, 1.165) is 11.3 Å². The number of hydrogen-bond donors (Lipinski definition) is 2. The monoisotopic (exact) mass is 415 g/mol. The second-order valence-corrected chi connectivity index (χ2v) is 8.85. The molecule has 0 saturated carbocycles. The normalized spacial score (nSPS) is 15.0. The molecule has 0 aliphatic carbocycles. The van der Waals surface area contributed by atoms with E-state index in [9.17, 15) is 8.42 Å². The zero-order valence-electron chi connectivity index (χ0n) is 16.6. The third-order valence-corrected chi connectivity index (χ3v) is 6.61. The number of aryl methyl sites for hydroxylation is 1. The Morgan fingerprint density at radius 2 is 1.79 bits per heavy atom. The van der Waals surface area contributed by atoms with Gasteiger partial charge in [0.05, 0.1) is 17.0 Å². The fraction of sp³-hybridized carbons (Fsp3) is 0.421. The smallest absolute Gasteiger partial charge is 0.222 e. The third-order valence-electron chi connectivity index (χ3n) is 4.73. The van der Waals surface area contributed by atoms with Gasteiger partial charge in [-0.1, -0.05) is 18.8 Å². The van der Waals surface area contributed by atoms with Gasteiger partial charge in [0.25, 0.3) is 0 Å². The average Bonchev–Trinajstić information content (AvgIpc) is 2.73. The van der Waals surface area contributed by atoms with Crippen LogP contribution in [0.2, 0.25) is 0 Å². The molecule has 0 atom stereocenters. The maximum absolute atomic E-state index is 12.1. The number of rotatable bonds is 4. The van der Waals surface area contributed by atoms with Crippen molar-refractivity contribution in [2.24, 2.45) is 0 Å². The van der Waals surface area contributed by atoms with Crippen molar-refractivity contribution in [3.63, 3.8) is 0 Å². The number of nitrogens with zero attached hydrogens (tertiary/aromatic N) is 5. The van der Waals surface area contributed by atoms with Gasteiger partial charge in [0.15, 0.2) is 0 Å². The first kappa shape index (κ1) is 20.8. The predicted molar refractivity (Wildman–Crippen MR) is 114 cm³/mol. The first-order chi connectivity index (χ1) is 13.8. The highest BCUT2D eigenvalue weighted by molar-refractivity contribution is 7.89. The number of pyridine rings is 1. The molecule has 29 heavy (non-hydrogen) atoms. The van der Waals surface area contributed by atoms with Crippen LogP contribution in [0.5, 0.6) is 0 Å². The van der Waals surface area contributed by atoms with Crippen molar-refractivity contribution in [1.82, 2.24) is 19.3 Å². The molecule has 0 radical (unpaired) electrons. The molecule has 1 aliphatic heterocycles. The van der Waals surface area contributed by atoms with Crippen molar-refractivity contribution in [2.45, 2.75) is 20.3 Å².